The van der Waals surface area contributed by atoms with E-state index in [9.17, 15) is 9.18 Å². The minimum Gasteiger partial charge on any atom is -0.482 e. The molecule has 0 aliphatic rings. The number of carbonyl (C=O) groups excluding carboxylic acids is 1. The zero-order chi connectivity index (χ0) is 16.1. The first-order valence-electron chi connectivity index (χ1n) is 6.52. The number of carbonyl (C=O) groups is 1. The molecule has 0 heterocycles. The fourth-order valence-corrected chi connectivity index (χ4v) is 2.12. The van der Waals surface area contributed by atoms with Crippen molar-refractivity contribution in [3.8, 4) is 5.75 Å². The number of halogens is 3. The van der Waals surface area contributed by atoms with Crippen molar-refractivity contribution in [1.82, 2.24) is 4.90 Å². The van der Waals surface area contributed by atoms with Crippen molar-refractivity contribution in [3.05, 3.63) is 63.9 Å². The molecule has 1 amide bonds. The van der Waals surface area contributed by atoms with E-state index in [4.69, 9.17) is 27.9 Å². The summed E-state index contributed by atoms with van der Waals surface area (Å²) in [6.45, 7) is 0.212. The molecule has 2 aromatic rings. The molecule has 0 spiro atoms. The van der Waals surface area contributed by atoms with Crippen molar-refractivity contribution < 1.29 is 13.9 Å². The van der Waals surface area contributed by atoms with E-state index in [-0.39, 0.29) is 18.3 Å². The van der Waals surface area contributed by atoms with Crippen LogP contribution in [0.1, 0.15) is 5.56 Å². The van der Waals surface area contributed by atoms with Crippen LogP contribution < -0.4 is 4.74 Å². The van der Waals surface area contributed by atoms with E-state index < -0.39 is 0 Å². The highest BCUT2D eigenvalue weighted by atomic mass is 35.5. The highest BCUT2D eigenvalue weighted by molar-refractivity contribution is 6.34. The van der Waals surface area contributed by atoms with E-state index >= 15 is 0 Å². The predicted molar refractivity (Wildman–Crippen MR) is 84.8 cm³/mol. The Bertz CT molecular complexity index is 662. The second-order valence-electron chi connectivity index (χ2n) is 4.74. The zero-order valence-corrected chi connectivity index (χ0v) is 13.4. The fourth-order valence-electron chi connectivity index (χ4n) is 1.79. The SMILES string of the molecule is CN(Cc1ccc(F)cc1)C(=O)COc1cc(Cl)ccc1Cl. The van der Waals surface area contributed by atoms with Crippen LogP contribution >= 0.6 is 23.2 Å². The minimum absolute atomic E-state index is 0.155. The zero-order valence-electron chi connectivity index (χ0n) is 11.9. The Morgan fingerprint density at radius 1 is 1.18 bits per heavy atom. The third-order valence-electron chi connectivity index (χ3n) is 3.00. The van der Waals surface area contributed by atoms with Gasteiger partial charge >= 0.3 is 0 Å². The van der Waals surface area contributed by atoms with E-state index in [0.29, 0.717) is 22.3 Å². The molecule has 0 aliphatic heterocycles. The molecule has 22 heavy (non-hydrogen) atoms. The van der Waals surface area contributed by atoms with Gasteiger partial charge in [-0.05, 0) is 29.8 Å². The lowest BCUT2D eigenvalue weighted by atomic mass is 10.2. The Balaban J connectivity index is 1.91. The van der Waals surface area contributed by atoms with Crippen LogP contribution in [-0.4, -0.2) is 24.5 Å². The van der Waals surface area contributed by atoms with Crippen LogP contribution in [0.2, 0.25) is 10.0 Å². The summed E-state index contributed by atoms with van der Waals surface area (Å²) in [6, 6.07) is 10.8. The summed E-state index contributed by atoms with van der Waals surface area (Å²) in [5.41, 5.74) is 0.832. The van der Waals surface area contributed by atoms with Gasteiger partial charge in [-0.1, -0.05) is 35.3 Å². The molecule has 0 fully saturated rings. The minimum atomic E-state index is -0.309. The number of benzene rings is 2. The molecule has 2 rings (SSSR count). The third-order valence-corrected chi connectivity index (χ3v) is 3.55. The third kappa shape index (κ3) is 4.61. The Kier molecular flexibility index (Phi) is 5.63. The Morgan fingerprint density at radius 3 is 2.55 bits per heavy atom. The molecule has 0 radical (unpaired) electrons. The van der Waals surface area contributed by atoms with Crippen LogP contribution in [0.25, 0.3) is 0 Å². The maximum atomic E-state index is 12.8. The van der Waals surface area contributed by atoms with Crippen LogP contribution in [0.15, 0.2) is 42.5 Å². The molecule has 0 aromatic heterocycles. The topological polar surface area (TPSA) is 29.5 Å². The van der Waals surface area contributed by atoms with E-state index in [1.807, 2.05) is 0 Å². The Morgan fingerprint density at radius 2 is 1.86 bits per heavy atom. The summed E-state index contributed by atoms with van der Waals surface area (Å²) in [7, 11) is 1.65. The van der Waals surface area contributed by atoms with Gasteiger partial charge in [0.2, 0.25) is 0 Å². The number of rotatable bonds is 5. The van der Waals surface area contributed by atoms with Gasteiger partial charge in [-0.15, -0.1) is 0 Å². The molecule has 3 nitrogen and oxygen atoms in total. The van der Waals surface area contributed by atoms with Crippen molar-refractivity contribution in [2.24, 2.45) is 0 Å². The smallest absolute Gasteiger partial charge is 0.260 e. The van der Waals surface area contributed by atoms with E-state index in [1.165, 1.54) is 17.0 Å². The summed E-state index contributed by atoms with van der Waals surface area (Å²) >= 11 is 11.8. The first-order chi connectivity index (χ1) is 10.5. The van der Waals surface area contributed by atoms with Crippen LogP contribution in [0, 0.1) is 5.82 Å². The number of hydrogen-bond acceptors (Lipinski definition) is 2. The largest absolute Gasteiger partial charge is 0.482 e. The van der Waals surface area contributed by atoms with Gasteiger partial charge in [0.05, 0.1) is 5.02 Å². The van der Waals surface area contributed by atoms with Gasteiger partial charge in [0.1, 0.15) is 11.6 Å². The Labute approximate surface area is 138 Å². The van der Waals surface area contributed by atoms with Gasteiger partial charge in [-0.2, -0.15) is 0 Å². The molecule has 0 atom stereocenters. The second kappa shape index (κ2) is 7.47. The van der Waals surface area contributed by atoms with E-state index in [0.717, 1.165) is 5.56 Å². The molecule has 0 bridgehead atoms. The second-order valence-corrected chi connectivity index (χ2v) is 5.58. The van der Waals surface area contributed by atoms with Gasteiger partial charge in [0.25, 0.3) is 5.91 Å². The molecule has 0 saturated carbocycles. The quantitative estimate of drug-likeness (QED) is 0.816. The van der Waals surface area contributed by atoms with Crippen molar-refractivity contribution in [1.29, 1.82) is 0 Å². The predicted octanol–water partition coefficient (Wildman–Crippen LogP) is 4.17. The number of nitrogens with zero attached hydrogens (tertiary/aromatic N) is 1. The van der Waals surface area contributed by atoms with Crippen molar-refractivity contribution in [2.75, 3.05) is 13.7 Å². The molecule has 0 aliphatic carbocycles. The first-order valence-corrected chi connectivity index (χ1v) is 7.27. The van der Waals surface area contributed by atoms with Crippen LogP contribution in [0.3, 0.4) is 0 Å². The van der Waals surface area contributed by atoms with Crippen LogP contribution in [-0.2, 0) is 11.3 Å². The Hall–Kier alpha value is -1.78. The molecule has 6 heteroatoms. The lowest BCUT2D eigenvalue weighted by Gasteiger charge is -2.18. The highest BCUT2D eigenvalue weighted by Crippen LogP contribution is 2.27. The molecule has 0 saturated heterocycles. The monoisotopic (exact) mass is 341 g/mol. The van der Waals surface area contributed by atoms with Gasteiger partial charge < -0.3 is 9.64 Å². The van der Waals surface area contributed by atoms with Crippen LogP contribution in [0.5, 0.6) is 5.75 Å². The lowest BCUT2D eigenvalue weighted by Crippen LogP contribution is -2.31. The van der Waals surface area contributed by atoms with Gasteiger partial charge in [-0.3, -0.25) is 4.79 Å². The fraction of sp³-hybridized carbons (Fsp3) is 0.188. The standard InChI is InChI=1S/C16H14Cl2FNO2/c1-20(9-11-2-5-13(19)6-3-11)16(21)10-22-15-8-12(17)4-7-14(15)18/h2-8H,9-10H2,1H3. The maximum absolute atomic E-state index is 12.8. The average Bonchev–Trinajstić information content (AvgIpc) is 2.50. The molecule has 116 valence electrons. The van der Waals surface area contributed by atoms with Gasteiger partial charge in [0.15, 0.2) is 6.61 Å². The molecule has 0 N–H and O–H groups in total. The maximum Gasteiger partial charge on any atom is 0.260 e. The summed E-state index contributed by atoms with van der Waals surface area (Å²) in [5, 5.41) is 0.866. The normalized spacial score (nSPS) is 10.4. The molecular weight excluding hydrogens is 328 g/mol. The molecular formula is C16H14Cl2FNO2. The van der Waals surface area contributed by atoms with Crippen molar-refractivity contribution in [3.63, 3.8) is 0 Å². The first kappa shape index (κ1) is 16.6. The molecule has 2 aromatic carbocycles. The number of ether oxygens (including phenoxy) is 1. The van der Waals surface area contributed by atoms with Crippen LogP contribution in [0.4, 0.5) is 4.39 Å². The summed E-state index contributed by atoms with van der Waals surface area (Å²) in [4.78, 5) is 13.5. The number of hydrogen-bond donors (Lipinski definition) is 0. The molecule has 0 unspecified atom stereocenters. The van der Waals surface area contributed by atoms with Crippen molar-refractivity contribution >= 4 is 29.1 Å². The van der Waals surface area contributed by atoms with Gasteiger partial charge in [0, 0.05) is 24.7 Å². The average molecular weight is 342 g/mol. The van der Waals surface area contributed by atoms with E-state index in [1.54, 1.807) is 37.4 Å². The summed E-state index contributed by atoms with van der Waals surface area (Å²) in [5.74, 6) is -0.172. The highest BCUT2D eigenvalue weighted by Gasteiger charge is 2.12. The number of amides is 1. The van der Waals surface area contributed by atoms with E-state index in [2.05, 4.69) is 0 Å². The van der Waals surface area contributed by atoms with Gasteiger partial charge in [-0.25, -0.2) is 4.39 Å². The van der Waals surface area contributed by atoms with Crippen molar-refractivity contribution in [2.45, 2.75) is 6.54 Å². The lowest BCUT2D eigenvalue weighted by molar-refractivity contribution is -0.132. The number of likely N-dealkylation sites (N-methyl/N-ethyl adjacent to an activating group) is 1. The summed E-state index contributed by atoms with van der Waals surface area (Å²) < 4.78 is 18.2. The summed E-state index contributed by atoms with van der Waals surface area (Å²) in [6.07, 6.45) is 0.